The molecule has 0 atom stereocenters. The van der Waals surface area contributed by atoms with E-state index in [0.29, 0.717) is 6.54 Å². The summed E-state index contributed by atoms with van der Waals surface area (Å²) in [5, 5.41) is 19.3. The molecule has 0 aromatic carbocycles. The minimum Gasteiger partial charge on any atom is -0.476 e. The van der Waals surface area contributed by atoms with Gasteiger partial charge < -0.3 is 10.4 Å². The van der Waals surface area contributed by atoms with E-state index in [1.807, 2.05) is 0 Å². The number of carboxylic acids is 1. The number of rotatable bonds is 1. The first-order chi connectivity index (χ1) is 6.27. The molecule has 0 spiro atoms. The molecule has 0 saturated carbocycles. The van der Waals surface area contributed by atoms with E-state index in [4.69, 9.17) is 5.11 Å². The second kappa shape index (κ2) is 3.10. The molecule has 0 aliphatic carbocycles. The predicted octanol–water partition coefficient (Wildman–Crippen LogP) is -0.180. The van der Waals surface area contributed by atoms with Crippen LogP contribution in [0.1, 0.15) is 21.7 Å². The fourth-order valence-corrected chi connectivity index (χ4v) is 1.35. The van der Waals surface area contributed by atoms with Gasteiger partial charge in [-0.25, -0.2) is 4.79 Å². The zero-order valence-electron chi connectivity index (χ0n) is 6.95. The van der Waals surface area contributed by atoms with Gasteiger partial charge in [0.25, 0.3) is 0 Å². The van der Waals surface area contributed by atoms with E-state index < -0.39 is 5.97 Å². The van der Waals surface area contributed by atoms with Gasteiger partial charge in [-0.1, -0.05) is 0 Å². The standard InChI is InChI=1S/C8H9N3O2/c12-8(13)7-3-5-4-9-2-1-6(5)10-11-7/h3,9H,1-2,4H2,(H,12,13). The molecular weight excluding hydrogens is 170 g/mol. The average molecular weight is 179 g/mol. The zero-order valence-corrected chi connectivity index (χ0v) is 6.95. The van der Waals surface area contributed by atoms with Crippen molar-refractivity contribution in [1.82, 2.24) is 15.5 Å². The molecule has 0 amide bonds. The molecule has 0 saturated heterocycles. The van der Waals surface area contributed by atoms with Crippen LogP contribution in [-0.2, 0) is 13.0 Å². The van der Waals surface area contributed by atoms with Gasteiger partial charge in [-0.3, -0.25) is 0 Å². The van der Waals surface area contributed by atoms with Gasteiger partial charge in [-0.05, 0) is 11.6 Å². The number of nitrogens with one attached hydrogen (secondary N) is 1. The van der Waals surface area contributed by atoms with Crippen molar-refractivity contribution in [1.29, 1.82) is 0 Å². The first-order valence-electron chi connectivity index (χ1n) is 4.07. The third kappa shape index (κ3) is 1.50. The lowest BCUT2D eigenvalue weighted by atomic mass is 10.1. The first kappa shape index (κ1) is 8.12. The lowest BCUT2D eigenvalue weighted by Crippen LogP contribution is -2.25. The summed E-state index contributed by atoms with van der Waals surface area (Å²) >= 11 is 0. The number of fused-ring (bicyclic) bond motifs is 1. The molecule has 2 rings (SSSR count). The van der Waals surface area contributed by atoms with E-state index in [-0.39, 0.29) is 5.69 Å². The van der Waals surface area contributed by atoms with E-state index >= 15 is 0 Å². The quantitative estimate of drug-likeness (QED) is 0.625. The second-order valence-corrected chi connectivity index (χ2v) is 2.93. The molecular formula is C8H9N3O2. The molecule has 0 fully saturated rings. The Morgan fingerprint density at radius 1 is 1.54 bits per heavy atom. The van der Waals surface area contributed by atoms with E-state index in [9.17, 15) is 4.79 Å². The van der Waals surface area contributed by atoms with Crippen LogP contribution in [0, 0.1) is 0 Å². The summed E-state index contributed by atoms with van der Waals surface area (Å²) in [6.07, 6.45) is 0.822. The Hall–Kier alpha value is -1.49. The van der Waals surface area contributed by atoms with Crippen molar-refractivity contribution in [2.75, 3.05) is 6.54 Å². The van der Waals surface area contributed by atoms with Crippen molar-refractivity contribution >= 4 is 5.97 Å². The zero-order chi connectivity index (χ0) is 9.26. The maximum absolute atomic E-state index is 10.6. The third-order valence-electron chi connectivity index (χ3n) is 2.03. The SMILES string of the molecule is O=C(O)c1cc2c(nn1)CCNC2. The molecule has 1 aliphatic rings. The molecule has 1 aromatic rings. The highest BCUT2D eigenvalue weighted by Gasteiger charge is 2.13. The Morgan fingerprint density at radius 3 is 3.15 bits per heavy atom. The molecule has 5 nitrogen and oxygen atoms in total. The van der Waals surface area contributed by atoms with E-state index in [0.717, 1.165) is 24.2 Å². The van der Waals surface area contributed by atoms with E-state index in [1.165, 1.54) is 0 Å². The summed E-state index contributed by atoms with van der Waals surface area (Å²) < 4.78 is 0. The molecule has 1 aromatic heterocycles. The van der Waals surface area contributed by atoms with Crippen LogP contribution < -0.4 is 5.32 Å². The minimum absolute atomic E-state index is 0.0162. The Morgan fingerprint density at radius 2 is 2.38 bits per heavy atom. The number of nitrogens with zero attached hydrogens (tertiary/aromatic N) is 2. The van der Waals surface area contributed by atoms with Gasteiger partial charge in [0.15, 0.2) is 5.69 Å². The minimum atomic E-state index is -1.03. The molecule has 5 heteroatoms. The highest BCUT2D eigenvalue weighted by molar-refractivity contribution is 5.85. The van der Waals surface area contributed by atoms with Crippen LogP contribution in [0.4, 0.5) is 0 Å². The second-order valence-electron chi connectivity index (χ2n) is 2.93. The molecule has 13 heavy (non-hydrogen) atoms. The maximum atomic E-state index is 10.6. The molecule has 2 N–H and O–H groups in total. The Balaban J connectivity index is 2.40. The summed E-state index contributed by atoms with van der Waals surface area (Å²) in [6.45, 7) is 1.57. The van der Waals surface area contributed by atoms with Crippen LogP contribution in [-0.4, -0.2) is 27.8 Å². The number of hydrogen-bond acceptors (Lipinski definition) is 4. The summed E-state index contributed by atoms with van der Waals surface area (Å²) in [6, 6.07) is 1.58. The van der Waals surface area contributed by atoms with Gasteiger partial charge in [0, 0.05) is 19.5 Å². The maximum Gasteiger partial charge on any atom is 0.356 e. The highest BCUT2D eigenvalue weighted by Crippen LogP contribution is 2.10. The Labute approximate surface area is 74.8 Å². The smallest absolute Gasteiger partial charge is 0.356 e. The van der Waals surface area contributed by atoms with E-state index in [1.54, 1.807) is 6.07 Å². The van der Waals surface area contributed by atoms with Crippen molar-refractivity contribution in [2.45, 2.75) is 13.0 Å². The summed E-state index contributed by atoms with van der Waals surface area (Å²) in [5.41, 5.74) is 1.87. The number of hydrogen-bond donors (Lipinski definition) is 2. The average Bonchev–Trinajstić information content (AvgIpc) is 2.17. The number of carbonyl (C=O) groups is 1. The fourth-order valence-electron chi connectivity index (χ4n) is 1.35. The van der Waals surface area contributed by atoms with Gasteiger partial charge in [0.05, 0.1) is 5.69 Å². The highest BCUT2D eigenvalue weighted by atomic mass is 16.4. The van der Waals surface area contributed by atoms with Crippen molar-refractivity contribution in [3.63, 3.8) is 0 Å². The van der Waals surface area contributed by atoms with Crippen molar-refractivity contribution < 1.29 is 9.90 Å². The van der Waals surface area contributed by atoms with Crippen LogP contribution in [0.5, 0.6) is 0 Å². The van der Waals surface area contributed by atoms with Gasteiger partial charge in [0.1, 0.15) is 0 Å². The van der Waals surface area contributed by atoms with Gasteiger partial charge >= 0.3 is 5.97 Å². The number of aromatic carboxylic acids is 1. The topological polar surface area (TPSA) is 75.1 Å². The monoisotopic (exact) mass is 179 g/mol. The van der Waals surface area contributed by atoms with Gasteiger partial charge in [0.2, 0.25) is 0 Å². The largest absolute Gasteiger partial charge is 0.476 e. The lowest BCUT2D eigenvalue weighted by molar-refractivity contribution is 0.0689. The van der Waals surface area contributed by atoms with Crippen molar-refractivity contribution in [3.8, 4) is 0 Å². The summed E-state index contributed by atoms with van der Waals surface area (Å²) in [4.78, 5) is 10.6. The van der Waals surface area contributed by atoms with Crippen LogP contribution in [0.15, 0.2) is 6.07 Å². The molecule has 0 radical (unpaired) electrons. The lowest BCUT2D eigenvalue weighted by Gasteiger charge is -2.14. The van der Waals surface area contributed by atoms with Gasteiger partial charge in [-0.2, -0.15) is 5.10 Å². The summed E-state index contributed by atoms with van der Waals surface area (Å²) in [7, 11) is 0. The molecule has 1 aliphatic heterocycles. The van der Waals surface area contributed by atoms with Gasteiger partial charge in [-0.15, -0.1) is 5.10 Å². The Kier molecular flexibility index (Phi) is 1.94. The predicted molar refractivity (Wildman–Crippen MR) is 44.4 cm³/mol. The molecule has 0 unspecified atom stereocenters. The number of aromatic nitrogens is 2. The van der Waals surface area contributed by atoms with Crippen LogP contribution in [0.3, 0.4) is 0 Å². The first-order valence-corrected chi connectivity index (χ1v) is 4.07. The normalized spacial score (nSPS) is 15.1. The van der Waals surface area contributed by atoms with Crippen molar-refractivity contribution in [3.05, 3.63) is 23.0 Å². The number of carboxylic acid groups (broad SMARTS) is 1. The third-order valence-corrected chi connectivity index (χ3v) is 2.03. The summed E-state index contributed by atoms with van der Waals surface area (Å²) in [5.74, 6) is -1.03. The fraction of sp³-hybridized carbons (Fsp3) is 0.375. The van der Waals surface area contributed by atoms with Crippen molar-refractivity contribution in [2.24, 2.45) is 0 Å². The van der Waals surface area contributed by atoms with Crippen LogP contribution >= 0.6 is 0 Å². The molecule has 0 bridgehead atoms. The van der Waals surface area contributed by atoms with E-state index in [2.05, 4.69) is 15.5 Å². The Bertz CT molecular complexity index is 351. The van der Waals surface area contributed by atoms with Crippen LogP contribution in [0.2, 0.25) is 0 Å². The molecule has 68 valence electrons. The van der Waals surface area contributed by atoms with Crippen LogP contribution in [0.25, 0.3) is 0 Å². The molecule has 2 heterocycles.